The van der Waals surface area contributed by atoms with Gasteiger partial charge in [0, 0.05) is 18.3 Å². The molecule has 0 radical (unpaired) electrons. The third-order valence-corrected chi connectivity index (χ3v) is 3.01. The highest BCUT2D eigenvalue weighted by Gasteiger charge is 2.38. The number of hydrogen-bond donors (Lipinski definition) is 2. The van der Waals surface area contributed by atoms with Crippen LogP contribution in [0.25, 0.3) is 0 Å². The molecule has 15 heavy (non-hydrogen) atoms. The maximum Gasteiger partial charge on any atom is 0.227 e. The number of nitrogens with two attached hydrogens (primary N) is 1. The molecule has 1 aromatic rings. The second kappa shape index (κ2) is 3.25. The third kappa shape index (κ3) is 1.69. The number of amides is 1. The summed E-state index contributed by atoms with van der Waals surface area (Å²) in [6.07, 6.45) is 0.852. The summed E-state index contributed by atoms with van der Waals surface area (Å²) in [5, 5.41) is 7.01. The lowest BCUT2D eigenvalue weighted by Gasteiger charge is -2.20. The Balaban J connectivity index is 2.21. The average molecular weight is 208 g/mol. The fourth-order valence-corrected chi connectivity index (χ4v) is 1.96. The van der Waals surface area contributed by atoms with E-state index in [1.165, 1.54) is 0 Å². The van der Waals surface area contributed by atoms with Crippen molar-refractivity contribution in [3.8, 4) is 0 Å². The summed E-state index contributed by atoms with van der Waals surface area (Å²) >= 11 is 0. The molecule has 1 amide bonds. The smallest absolute Gasteiger partial charge is 0.227 e. The van der Waals surface area contributed by atoms with Gasteiger partial charge in [0.15, 0.2) is 0 Å². The van der Waals surface area contributed by atoms with Crippen LogP contribution in [-0.4, -0.2) is 22.2 Å². The van der Waals surface area contributed by atoms with E-state index in [1.54, 1.807) is 4.68 Å². The van der Waals surface area contributed by atoms with Gasteiger partial charge in [-0.05, 0) is 20.3 Å². The Kier molecular flexibility index (Phi) is 2.17. The summed E-state index contributed by atoms with van der Waals surface area (Å²) in [6, 6.07) is 1.82. The molecule has 0 spiro atoms. The topological polar surface area (TPSA) is 72.9 Å². The van der Waals surface area contributed by atoms with Gasteiger partial charge in [0.05, 0.1) is 12.0 Å². The predicted octanol–water partition coefficient (Wildman–Crippen LogP) is 0.300. The largest absolute Gasteiger partial charge is 0.382 e. The van der Waals surface area contributed by atoms with Gasteiger partial charge in [-0.2, -0.15) is 5.10 Å². The van der Waals surface area contributed by atoms with E-state index in [4.69, 9.17) is 5.73 Å². The molecule has 0 saturated carbocycles. The molecule has 1 aliphatic rings. The van der Waals surface area contributed by atoms with Crippen LogP contribution in [0.15, 0.2) is 6.07 Å². The van der Waals surface area contributed by atoms with Gasteiger partial charge in [-0.3, -0.25) is 9.48 Å². The first-order valence-corrected chi connectivity index (χ1v) is 5.09. The monoisotopic (exact) mass is 208 g/mol. The average Bonchev–Trinajstić information content (AvgIpc) is 2.60. The standard InChI is InChI=1S/C10H16N4O/c1-7-5-8(11)13-14(7)6-10(2)3-4-12-9(10)15/h5H,3-4,6H2,1-2H3,(H2,11,13)(H,12,15). The summed E-state index contributed by atoms with van der Waals surface area (Å²) in [5.74, 6) is 0.616. The number of carbonyl (C=O) groups excluding carboxylic acids is 1. The summed E-state index contributed by atoms with van der Waals surface area (Å²) < 4.78 is 1.81. The van der Waals surface area contributed by atoms with Crippen molar-refractivity contribution in [2.45, 2.75) is 26.8 Å². The van der Waals surface area contributed by atoms with Gasteiger partial charge in [-0.25, -0.2) is 0 Å². The predicted molar refractivity (Wildman–Crippen MR) is 57.1 cm³/mol. The van der Waals surface area contributed by atoms with E-state index in [1.807, 2.05) is 19.9 Å². The zero-order chi connectivity index (χ0) is 11.1. The van der Waals surface area contributed by atoms with Gasteiger partial charge in [0.25, 0.3) is 0 Å². The molecular weight excluding hydrogens is 192 g/mol. The van der Waals surface area contributed by atoms with Crippen LogP contribution in [0.4, 0.5) is 5.82 Å². The highest BCUT2D eigenvalue weighted by Crippen LogP contribution is 2.28. The van der Waals surface area contributed by atoms with Crippen molar-refractivity contribution in [2.75, 3.05) is 12.3 Å². The number of aromatic nitrogens is 2. The molecule has 3 N–H and O–H groups in total. The molecule has 0 aliphatic carbocycles. The molecule has 82 valence electrons. The zero-order valence-electron chi connectivity index (χ0n) is 9.08. The molecule has 1 fully saturated rings. The maximum absolute atomic E-state index is 11.6. The first-order chi connectivity index (χ1) is 7.01. The summed E-state index contributed by atoms with van der Waals surface area (Å²) in [7, 11) is 0. The fraction of sp³-hybridized carbons (Fsp3) is 0.600. The Morgan fingerprint density at radius 1 is 1.73 bits per heavy atom. The second-order valence-electron chi connectivity index (χ2n) is 4.43. The van der Waals surface area contributed by atoms with Crippen LogP contribution in [0, 0.1) is 12.3 Å². The normalized spacial score (nSPS) is 25.6. The Bertz CT molecular complexity index is 398. The number of nitrogens with zero attached hydrogens (tertiary/aromatic N) is 2. The zero-order valence-corrected chi connectivity index (χ0v) is 9.08. The summed E-state index contributed by atoms with van der Waals surface area (Å²) in [4.78, 5) is 11.6. The molecule has 1 atom stereocenters. The minimum atomic E-state index is -0.344. The molecule has 2 heterocycles. The van der Waals surface area contributed by atoms with Gasteiger partial charge in [0.2, 0.25) is 5.91 Å². The first kappa shape index (κ1) is 10.0. The lowest BCUT2D eigenvalue weighted by molar-refractivity contribution is -0.127. The molecule has 0 bridgehead atoms. The number of aryl methyl sites for hydroxylation is 1. The molecule has 1 aromatic heterocycles. The Labute approximate surface area is 88.6 Å². The van der Waals surface area contributed by atoms with Crippen molar-refractivity contribution in [1.29, 1.82) is 0 Å². The van der Waals surface area contributed by atoms with Crippen LogP contribution < -0.4 is 11.1 Å². The minimum absolute atomic E-state index is 0.107. The fourth-order valence-electron chi connectivity index (χ4n) is 1.96. The molecular formula is C10H16N4O. The van der Waals surface area contributed by atoms with Crippen LogP contribution in [0.5, 0.6) is 0 Å². The van der Waals surface area contributed by atoms with Crippen molar-refractivity contribution in [2.24, 2.45) is 5.41 Å². The van der Waals surface area contributed by atoms with Gasteiger partial charge in [-0.15, -0.1) is 0 Å². The molecule has 5 nitrogen and oxygen atoms in total. The van der Waals surface area contributed by atoms with Crippen molar-refractivity contribution < 1.29 is 4.79 Å². The number of hydrogen-bond acceptors (Lipinski definition) is 3. The number of rotatable bonds is 2. The van der Waals surface area contributed by atoms with Crippen molar-refractivity contribution >= 4 is 11.7 Å². The maximum atomic E-state index is 11.6. The Morgan fingerprint density at radius 2 is 2.47 bits per heavy atom. The minimum Gasteiger partial charge on any atom is -0.382 e. The first-order valence-electron chi connectivity index (χ1n) is 5.09. The van der Waals surface area contributed by atoms with E-state index in [0.717, 1.165) is 18.7 Å². The highest BCUT2D eigenvalue weighted by atomic mass is 16.2. The molecule has 2 rings (SSSR count). The molecule has 1 unspecified atom stereocenters. The van der Waals surface area contributed by atoms with Gasteiger partial charge < -0.3 is 11.1 Å². The molecule has 1 saturated heterocycles. The quantitative estimate of drug-likeness (QED) is 0.734. The lowest BCUT2D eigenvalue weighted by Crippen LogP contribution is -2.33. The third-order valence-electron chi connectivity index (χ3n) is 3.01. The number of carbonyl (C=O) groups is 1. The number of anilines is 1. The SMILES string of the molecule is Cc1cc(N)nn1CC1(C)CCNC1=O. The summed E-state index contributed by atoms with van der Waals surface area (Å²) in [5.41, 5.74) is 6.25. The van der Waals surface area contributed by atoms with Gasteiger partial charge in [0.1, 0.15) is 5.82 Å². The van der Waals surface area contributed by atoms with E-state index in [-0.39, 0.29) is 11.3 Å². The van der Waals surface area contributed by atoms with E-state index in [2.05, 4.69) is 10.4 Å². The highest BCUT2D eigenvalue weighted by molar-refractivity contribution is 5.84. The number of nitrogen functional groups attached to an aromatic ring is 1. The van der Waals surface area contributed by atoms with Gasteiger partial charge >= 0.3 is 0 Å². The van der Waals surface area contributed by atoms with E-state index in [0.29, 0.717) is 12.4 Å². The van der Waals surface area contributed by atoms with Crippen LogP contribution in [0.1, 0.15) is 19.0 Å². The van der Waals surface area contributed by atoms with Crippen LogP contribution in [-0.2, 0) is 11.3 Å². The Hall–Kier alpha value is -1.52. The van der Waals surface area contributed by atoms with E-state index in [9.17, 15) is 4.79 Å². The van der Waals surface area contributed by atoms with Crippen molar-refractivity contribution in [3.63, 3.8) is 0 Å². The van der Waals surface area contributed by atoms with Crippen LogP contribution in [0.3, 0.4) is 0 Å². The van der Waals surface area contributed by atoms with Crippen molar-refractivity contribution in [1.82, 2.24) is 15.1 Å². The Morgan fingerprint density at radius 3 is 2.93 bits per heavy atom. The molecule has 0 aromatic carbocycles. The number of nitrogens with one attached hydrogen (secondary N) is 1. The van der Waals surface area contributed by atoms with E-state index >= 15 is 0 Å². The van der Waals surface area contributed by atoms with Gasteiger partial charge in [-0.1, -0.05) is 0 Å². The van der Waals surface area contributed by atoms with Crippen LogP contribution >= 0.6 is 0 Å². The van der Waals surface area contributed by atoms with Crippen molar-refractivity contribution in [3.05, 3.63) is 11.8 Å². The van der Waals surface area contributed by atoms with Crippen LogP contribution in [0.2, 0.25) is 0 Å². The second-order valence-corrected chi connectivity index (χ2v) is 4.43. The summed E-state index contributed by atoms with van der Waals surface area (Å²) in [6.45, 7) is 5.26. The molecule has 5 heteroatoms. The molecule has 1 aliphatic heterocycles. The lowest BCUT2D eigenvalue weighted by atomic mass is 9.89. The van der Waals surface area contributed by atoms with E-state index < -0.39 is 0 Å².